The first-order chi connectivity index (χ1) is 9.86. The number of amides is 3. The molecule has 0 fully saturated rings. The molecule has 1 unspecified atom stereocenters. The van der Waals surface area contributed by atoms with Gasteiger partial charge < -0.3 is 25.8 Å². The van der Waals surface area contributed by atoms with E-state index < -0.39 is 18.0 Å². The van der Waals surface area contributed by atoms with E-state index in [1.807, 2.05) is 13.8 Å². The van der Waals surface area contributed by atoms with E-state index in [0.29, 0.717) is 25.5 Å². The molecular weight excluding hydrogens is 278 g/mol. The number of carbonyl (C=O) groups excluding carboxylic acids is 2. The lowest BCUT2D eigenvalue weighted by Crippen LogP contribution is -2.48. The standard InChI is InChI=1S/C13H25N3O5/c1-9(2)7-14-11(17)8-15-13(20)16-10(12(18)19)5-4-6-21-3/h9-10H,4-8H2,1-3H3,(H,14,17)(H,18,19)(H2,15,16,20). The molecule has 0 bridgehead atoms. The van der Waals surface area contributed by atoms with Crippen molar-refractivity contribution in [2.24, 2.45) is 5.92 Å². The minimum atomic E-state index is -1.12. The Hall–Kier alpha value is -1.83. The molecule has 0 aliphatic carbocycles. The molecule has 0 spiro atoms. The van der Waals surface area contributed by atoms with Crippen LogP contribution in [0.5, 0.6) is 0 Å². The summed E-state index contributed by atoms with van der Waals surface area (Å²) >= 11 is 0. The number of nitrogens with one attached hydrogen (secondary N) is 3. The van der Waals surface area contributed by atoms with Crippen LogP contribution >= 0.6 is 0 Å². The Kier molecular flexibility index (Phi) is 9.95. The van der Waals surface area contributed by atoms with Crippen molar-refractivity contribution < 1.29 is 24.2 Å². The van der Waals surface area contributed by atoms with Gasteiger partial charge in [0.1, 0.15) is 6.04 Å². The molecule has 0 radical (unpaired) electrons. The predicted octanol–water partition coefficient (Wildman–Crippen LogP) is -0.0624. The van der Waals surface area contributed by atoms with Gasteiger partial charge in [-0.25, -0.2) is 9.59 Å². The third-order valence-electron chi connectivity index (χ3n) is 2.56. The summed E-state index contributed by atoms with van der Waals surface area (Å²) in [6.45, 7) is 4.67. The molecule has 3 amide bonds. The molecule has 0 aromatic heterocycles. The highest BCUT2D eigenvalue weighted by molar-refractivity contribution is 5.86. The highest BCUT2D eigenvalue weighted by Crippen LogP contribution is 1.98. The summed E-state index contributed by atoms with van der Waals surface area (Å²) < 4.78 is 4.83. The van der Waals surface area contributed by atoms with Crippen molar-refractivity contribution in [3.8, 4) is 0 Å². The van der Waals surface area contributed by atoms with Gasteiger partial charge >= 0.3 is 12.0 Å². The molecular formula is C13H25N3O5. The SMILES string of the molecule is COCCCC(NC(=O)NCC(=O)NCC(C)C)C(=O)O. The number of methoxy groups -OCH3 is 1. The van der Waals surface area contributed by atoms with Gasteiger partial charge in [-0.2, -0.15) is 0 Å². The summed E-state index contributed by atoms with van der Waals surface area (Å²) in [6, 6.07) is -1.68. The quantitative estimate of drug-likeness (QED) is 0.422. The Morgan fingerprint density at radius 2 is 1.86 bits per heavy atom. The van der Waals surface area contributed by atoms with Gasteiger partial charge in [-0.05, 0) is 18.8 Å². The number of urea groups is 1. The van der Waals surface area contributed by atoms with Crippen LogP contribution in [0.3, 0.4) is 0 Å². The van der Waals surface area contributed by atoms with Crippen LogP contribution in [0.2, 0.25) is 0 Å². The van der Waals surface area contributed by atoms with Crippen LogP contribution in [0.15, 0.2) is 0 Å². The second-order valence-electron chi connectivity index (χ2n) is 5.05. The smallest absolute Gasteiger partial charge is 0.326 e. The fourth-order valence-electron chi connectivity index (χ4n) is 1.44. The van der Waals surface area contributed by atoms with E-state index in [4.69, 9.17) is 9.84 Å². The van der Waals surface area contributed by atoms with E-state index in [1.165, 1.54) is 7.11 Å². The minimum absolute atomic E-state index is 0.192. The fraction of sp³-hybridized carbons (Fsp3) is 0.769. The highest BCUT2D eigenvalue weighted by atomic mass is 16.5. The Morgan fingerprint density at radius 1 is 1.19 bits per heavy atom. The van der Waals surface area contributed by atoms with Gasteiger partial charge in [0.2, 0.25) is 5.91 Å². The number of hydrogen-bond donors (Lipinski definition) is 4. The molecule has 8 heteroatoms. The summed E-state index contributed by atoms with van der Waals surface area (Å²) in [7, 11) is 1.52. The third-order valence-corrected chi connectivity index (χ3v) is 2.56. The first kappa shape index (κ1) is 19.2. The van der Waals surface area contributed by atoms with E-state index >= 15 is 0 Å². The lowest BCUT2D eigenvalue weighted by molar-refractivity contribution is -0.139. The van der Waals surface area contributed by atoms with Crippen LogP contribution in [-0.4, -0.2) is 55.9 Å². The Bertz CT molecular complexity index is 347. The van der Waals surface area contributed by atoms with Gasteiger partial charge in [0, 0.05) is 20.3 Å². The number of ether oxygens (including phenoxy) is 1. The average Bonchev–Trinajstić information content (AvgIpc) is 2.41. The summed E-state index contributed by atoms with van der Waals surface area (Å²) in [5.41, 5.74) is 0. The molecule has 21 heavy (non-hydrogen) atoms. The summed E-state index contributed by atoms with van der Waals surface area (Å²) in [5.74, 6) is -1.12. The second kappa shape index (κ2) is 10.9. The maximum Gasteiger partial charge on any atom is 0.326 e. The molecule has 0 heterocycles. The molecule has 8 nitrogen and oxygen atoms in total. The molecule has 4 N–H and O–H groups in total. The number of aliphatic carboxylic acids is 1. The van der Waals surface area contributed by atoms with Crippen molar-refractivity contribution in [1.29, 1.82) is 0 Å². The molecule has 1 atom stereocenters. The topological polar surface area (TPSA) is 117 Å². The van der Waals surface area contributed by atoms with Crippen LogP contribution in [0.25, 0.3) is 0 Å². The Balaban J connectivity index is 4.02. The molecule has 0 aromatic rings. The van der Waals surface area contributed by atoms with Crippen molar-refractivity contribution in [2.75, 3.05) is 26.8 Å². The maximum absolute atomic E-state index is 11.5. The molecule has 122 valence electrons. The summed E-state index contributed by atoms with van der Waals surface area (Å²) in [4.78, 5) is 33.9. The molecule has 0 rings (SSSR count). The van der Waals surface area contributed by atoms with E-state index in [-0.39, 0.29) is 18.9 Å². The zero-order valence-electron chi connectivity index (χ0n) is 12.8. The van der Waals surface area contributed by atoms with E-state index in [2.05, 4.69) is 16.0 Å². The molecule has 0 saturated carbocycles. The Morgan fingerprint density at radius 3 is 2.38 bits per heavy atom. The highest BCUT2D eigenvalue weighted by Gasteiger charge is 2.19. The molecule has 0 aromatic carbocycles. The number of carboxylic acid groups (broad SMARTS) is 1. The third kappa shape index (κ3) is 10.6. The van der Waals surface area contributed by atoms with Crippen LogP contribution < -0.4 is 16.0 Å². The summed E-state index contributed by atoms with van der Waals surface area (Å²) in [6.07, 6.45) is 0.777. The van der Waals surface area contributed by atoms with Gasteiger partial charge in [0.15, 0.2) is 0 Å². The zero-order valence-corrected chi connectivity index (χ0v) is 12.8. The lowest BCUT2D eigenvalue weighted by atomic mass is 10.1. The number of carbonyl (C=O) groups is 3. The first-order valence-corrected chi connectivity index (χ1v) is 6.89. The monoisotopic (exact) mass is 303 g/mol. The van der Waals surface area contributed by atoms with Crippen molar-refractivity contribution in [3.63, 3.8) is 0 Å². The minimum Gasteiger partial charge on any atom is -0.480 e. The first-order valence-electron chi connectivity index (χ1n) is 6.89. The van der Waals surface area contributed by atoms with Gasteiger partial charge in [-0.15, -0.1) is 0 Å². The van der Waals surface area contributed by atoms with Gasteiger partial charge in [0.25, 0.3) is 0 Å². The number of hydrogen-bond acceptors (Lipinski definition) is 4. The van der Waals surface area contributed by atoms with Crippen molar-refractivity contribution >= 4 is 17.9 Å². The normalized spacial score (nSPS) is 11.8. The van der Waals surface area contributed by atoms with Gasteiger partial charge in [0.05, 0.1) is 6.54 Å². The second-order valence-corrected chi connectivity index (χ2v) is 5.05. The largest absolute Gasteiger partial charge is 0.480 e. The number of rotatable bonds is 10. The van der Waals surface area contributed by atoms with Crippen LogP contribution in [0.4, 0.5) is 4.79 Å². The van der Waals surface area contributed by atoms with Crippen molar-refractivity contribution in [2.45, 2.75) is 32.7 Å². The van der Waals surface area contributed by atoms with E-state index in [0.717, 1.165) is 0 Å². The van der Waals surface area contributed by atoms with Crippen molar-refractivity contribution in [1.82, 2.24) is 16.0 Å². The maximum atomic E-state index is 11.5. The van der Waals surface area contributed by atoms with Crippen molar-refractivity contribution in [3.05, 3.63) is 0 Å². The fourth-order valence-corrected chi connectivity index (χ4v) is 1.44. The number of carboxylic acids is 1. The zero-order chi connectivity index (χ0) is 16.3. The average molecular weight is 303 g/mol. The van der Waals surface area contributed by atoms with Crippen LogP contribution in [0.1, 0.15) is 26.7 Å². The molecule has 0 aliphatic heterocycles. The van der Waals surface area contributed by atoms with Crippen LogP contribution in [-0.2, 0) is 14.3 Å². The van der Waals surface area contributed by atoms with Gasteiger partial charge in [-0.3, -0.25) is 4.79 Å². The van der Waals surface area contributed by atoms with Gasteiger partial charge in [-0.1, -0.05) is 13.8 Å². The molecule has 0 saturated heterocycles. The van der Waals surface area contributed by atoms with Crippen LogP contribution in [0, 0.1) is 5.92 Å². The predicted molar refractivity (Wildman–Crippen MR) is 76.9 cm³/mol. The van der Waals surface area contributed by atoms with E-state index in [1.54, 1.807) is 0 Å². The van der Waals surface area contributed by atoms with E-state index in [9.17, 15) is 14.4 Å². The molecule has 0 aliphatic rings. The lowest BCUT2D eigenvalue weighted by Gasteiger charge is -2.15. The summed E-state index contributed by atoms with van der Waals surface area (Å²) in [5, 5.41) is 16.3. The Labute approximate surface area is 124 Å².